The van der Waals surface area contributed by atoms with Crippen LogP contribution in [0.3, 0.4) is 0 Å². The second kappa shape index (κ2) is 11.9. The first-order chi connectivity index (χ1) is 13.6. The lowest BCUT2D eigenvalue weighted by atomic mass is 10.1. The molecule has 28 heavy (non-hydrogen) atoms. The van der Waals surface area contributed by atoms with E-state index in [0.717, 1.165) is 30.4 Å². The number of nitrogens with zero attached hydrogens (tertiary/aromatic N) is 2. The van der Waals surface area contributed by atoms with Crippen molar-refractivity contribution in [3.05, 3.63) is 59.7 Å². The minimum absolute atomic E-state index is 0.533. The molecule has 0 aromatic heterocycles. The average molecular weight is 385 g/mol. The zero-order valence-electron chi connectivity index (χ0n) is 17.4. The summed E-state index contributed by atoms with van der Waals surface area (Å²) in [6.45, 7) is 5.46. The monoisotopic (exact) mass is 384 g/mol. The number of methoxy groups -OCH3 is 1. The number of likely N-dealkylation sites (N-methyl/N-ethyl adjacent to an activating group) is 1. The Bertz CT molecular complexity index is 735. The molecule has 0 radical (unpaired) electrons. The Morgan fingerprint density at radius 3 is 2.57 bits per heavy atom. The zero-order valence-corrected chi connectivity index (χ0v) is 17.4. The van der Waals surface area contributed by atoms with Crippen LogP contribution in [0, 0.1) is 6.92 Å². The molecule has 2 N–H and O–H groups in total. The molecule has 0 aliphatic heterocycles. The van der Waals surface area contributed by atoms with Gasteiger partial charge >= 0.3 is 0 Å². The van der Waals surface area contributed by atoms with Crippen molar-refractivity contribution in [3.8, 4) is 5.75 Å². The van der Waals surface area contributed by atoms with E-state index in [1.54, 1.807) is 14.2 Å². The summed E-state index contributed by atoms with van der Waals surface area (Å²) in [4.78, 5) is 6.52. The summed E-state index contributed by atoms with van der Waals surface area (Å²) in [5, 5.41) is 6.72. The first-order valence-corrected chi connectivity index (χ1v) is 9.56. The fourth-order valence-electron chi connectivity index (χ4n) is 2.73. The van der Waals surface area contributed by atoms with Gasteiger partial charge in [-0.05, 0) is 30.7 Å². The Morgan fingerprint density at radius 1 is 1.07 bits per heavy atom. The number of hydrogen-bond donors (Lipinski definition) is 2. The molecule has 0 bridgehead atoms. The molecular formula is C22H32N4O2. The van der Waals surface area contributed by atoms with Crippen LogP contribution in [0.4, 0.5) is 5.69 Å². The Hall–Kier alpha value is -2.73. The topological polar surface area (TPSA) is 58.1 Å². The molecule has 2 rings (SSSR count). The summed E-state index contributed by atoms with van der Waals surface area (Å²) in [6, 6.07) is 16.6. The van der Waals surface area contributed by atoms with E-state index in [1.165, 1.54) is 11.3 Å². The van der Waals surface area contributed by atoms with Crippen molar-refractivity contribution < 1.29 is 9.47 Å². The summed E-state index contributed by atoms with van der Waals surface area (Å²) in [5.41, 5.74) is 3.46. The van der Waals surface area contributed by atoms with Gasteiger partial charge in [0, 0.05) is 52.1 Å². The molecule has 0 atom stereocenters. The number of benzene rings is 2. The highest BCUT2D eigenvalue weighted by Gasteiger charge is 2.06. The Balaban J connectivity index is 1.83. The number of rotatable bonds is 10. The van der Waals surface area contributed by atoms with Crippen molar-refractivity contribution >= 4 is 11.6 Å². The highest BCUT2D eigenvalue weighted by Crippen LogP contribution is 2.20. The smallest absolute Gasteiger partial charge is 0.191 e. The van der Waals surface area contributed by atoms with Gasteiger partial charge in [0.05, 0.1) is 6.61 Å². The summed E-state index contributed by atoms with van der Waals surface area (Å²) in [7, 11) is 5.54. The van der Waals surface area contributed by atoms with Crippen molar-refractivity contribution in [2.75, 3.05) is 52.4 Å². The van der Waals surface area contributed by atoms with Crippen LogP contribution in [-0.2, 0) is 11.3 Å². The summed E-state index contributed by atoms with van der Waals surface area (Å²) in [6.07, 6.45) is 0. The maximum atomic E-state index is 5.85. The lowest BCUT2D eigenvalue weighted by Crippen LogP contribution is -2.40. The van der Waals surface area contributed by atoms with Gasteiger partial charge in [-0.25, -0.2) is 0 Å². The number of aliphatic imine (C=N–C) groups is 1. The Kier molecular flexibility index (Phi) is 9.15. The van der Waals surface area contributed by atoms with Crippen molar-refractivity contribution in [3.63, 3.8) is 0 Å². The van der Waals surface area contributed by atoms with Gasteiger partial charge in [0.1, 0.15) is 12.4 Å². The first-order valence-electron chi connectivity index (χ1n) is 9.56. The zero-order chi connectivity index (χ0) is 20.2. The molecular weight excluding hydrogens is 352 g/mol. The third-order valence-corrected chi connectivity index (χ3v) is 4.37. The minimum Gasteiger partial charge on any atom is -0.491 e. The average Bonchev–Trinajstić information content (AvgIpc) is 2.72. The van der Waals surface area contributed by atoms with E-state index < -0.39 is 0 Å². The number of anilines is 1. The molecule has 0 saturated heterocycles. The second-order valence-corrected chi connectivity index (χ2v) is 6.56. The van der Waals surface area contributed by atoms with Crippen LogP contribution in [0.25, 0.3) is 0 Å². The van der Waals surface area contributed by atoms with Gasteiger partial charge < -0.3 is 25.0 Å². The minimum atomic E-state index is 0.533. The summed E-state index contributed by atoms with van der Waals surface area (Å²) < 4.78 is 10.9. The fourth-order valence-corrected chi connectivity index (χ4v) is 2.73. The number of guanidine groups is 1. The molecule has 2 aromatic rings. The molecule has 0 unspecified atom stereocenters. The lowest BCUT2D eigenvalue weighted by Gasteiger charge is -2.20. The maximum Gasteiger partial charge on any atom is 0.191 e. The molecule has 0 aliphatic rings. The van der Waals surface area contributed by atoms with Crippen LogP contribution in [-0.4, -0.2) is 53.5 Å². The van der Waals surface area contributed by atoms with Crippen LogP contribution in [0.1, 0.15) is 11.1 Å². The van der Waals surface area contributed by atoms with Gasteiger partial charge in [-0.15, -0.1) is 0 Å². The molecule has 2 aromatic carbocycles. The predicted molar refractivity (Wildman–Crippen MR) is 116 cm³/mol. The molecule has 0 saturated carbocycles. The van der Waals surface area contributed by atoms with E-state index in [-0.39, 0.29) is 0 Å². The third kappa shape index (κ3) is 7.12. The Labute approximate surface area is 168 Å². The normalized spacial score (nSPS) is 11.2. The van der Waals surface area contributed by atoms with E-state index >= 15 is 0 Å². The van der Waals surface area contributed by atoms with Crippen molar-refractivity contribution in [1.82, 2.24) is 10.6 Å². The van der Waals surface area contributed by atoms with E-state index in [9.17, 15) is 0 Å². The van der Waals surface area contributed by atoms with Gasteiger partial charge in [-0.1, -0.05) is 30.3 Å². The number of hydrogen-bond acceptors (Lipinski definition) is 4. The Morgan fingerprint density at radius 2 is 1.86 bits per heavy atom. The van der Waals surface area contributed by atoms with Gasteiger partial charge in [-0.2, -0.15) is 0 Å². The van der Waals surface area contributed by atoms with Crippen molar-refractivity contribution in [1.29, 1.82) is 0 Å². The molecule has 0 amide bonds. The van der Waals surface area contributed by atoms with Crippen molar-refractivity contribution in [2.45, 2.75) is 13.5 Å². The van der Waals surface area contributed by atoms with Crippen LogP contribution in [0.2, 0.25) is 0 Å². The van der Waals surface area contributed by atoms with Gasteiger partial charge in [-0.3, -0.25) is 4.99 Å². The van der Waals surface area contributed by atoms with E-state index in [2.05, 4.69) is 64.8 Å². The van der Waals surface area contributed by atoms with Gasteiger partial charge in [0.2, 0.25) is 0 Å². The second-order valence-electron chi connectivity index (χ2n) is 6.56. The van der Waals surface area contributed by atoms with Gasteiger partial charge in [0.25, 0.3) is 0 Å². The number of nitrogens with one attached hydrogen (secondary N) is 2. The van der Waals surface area contributed by atoms with E-state index in [1.807, 2.05) is 18.2 Å². The summed E-state index contributed by atoms with van der Waals surface area (Å²) in [5.74, 6) is 1.65. The highest BCUT2D eigenvalue weighted by atomic mass is 16.5. The predicted octanol–water partition coefficient (Wildman–Crippen LogP) is 2.82. The van der Waals surface area contributed by atoms with Crippen LogP contribution >= 0.6 is 0 Å². The number of ether oxygens (including phenoxy) is 2. The quantitative estimate of drug-likeness (QED) is 0.375. The highest BCUT2D eigenvalue weighted by molar-refractivity contribution is 5.79. The molecule has 0 heterocycles. The molecule has 6 nitrogen and oxygen atoms in total. The third-order valence-electron chi connectivity index (χ3n) is 4.37. The van der Waals surface area contributed by atoms with E-state index in [0.29, 0.717) is 19.8 Å². The van der Waals surface area contributed by atoms with Gasteiger partial charge in [0.15, 0.2) is 5.96 Å². The van der Waals surface area contributed by atoms with Crippen molar-refractivity contribution in [2.24, 2.45) is 4.99 Å². The first kappa shape index (κ1) is 21.6. The van der Waals surface area contributed by atoms with E-state index in [4.69, 9.17) is 9.47 Å². The maximum absolute atomic E-state index is 5.85. The fraction of sp³-hybridized carbons (Fsp3) is 0.409. The number of para-hydroxylation sites is 1. The largest absolute Gasteiger partial charge is 0.491 e. The summed E-state index contributed by atoms with van der Waals surface area (Å²) >= 11 is 0. The van der Waals surface area contributed by atoms with Crippen LogP contribution in [0.5, 0.6) is 5.75 Å². The molecule has 0 fully saturated rings. The number of aryl methyl sites for hydroxylation is 1. The molecule has 0 aliphatic carbocycles. The molecule has 0 spiro atoms. The SMILES string of the molecule is CN=C(NCCN(C)c1ccccc1)NCc1ccc(C)cc1OCCOC. The molecule has 152 valence electrons. The van der Waals surface area contributed by atoms with Crippen LogP contribution in [0.15, 0.2) is 53.5 Å². The lowest BCUT2D eigenvalue weighted by molar-refractivity contribution is 0.145. The van der Waals surface area contributed by atoms with Crippen LogP contribution < -0.4 is 20.3 Å². The standard InChI is InChI=1S/C22H32N4O2/c1-18-10-11-19(21(16-18)28-15-14-27-4)17-25-22(23-2)24-12-13-26(3)20-8-6-5-7-9-20/h5-11,16H,12-15,17H2,1-4H3,(H2,23,24,25). The molecule has 6 heteroatoms.